The highest BCUT2D eigenvalue weighted by Crippen LogP contribution is 2.22. The van der Waals surface area contributed by atoms with Crippen LogP contribution in [0.15, 0.2) is 54.6 Å². The number of rotatable bonds is 8. The number of hydrogen-bond acceptors (Lipinski definition) is 4. The molecule has 0 radical (unpaired) electrons. The summed E-state index contributed by atoms with van der Waals surface area (Å²) in [6, 6.07) is 17.0. The first-order chi connectivity index (χ1) is 15.0. The standard InChI is InChI=1S/C24H29N3O4/c1-25-22(28)17-31-21-9-5-8-20(16-21)26-24(30)19-12-14-27(15-13-19)23(29)11-10-18-6-3-2-4-7-18/h2-9,16,19H,10-15,17H2,1H3,(H,25,28)(H,26,30). The molecular formula is C24H29N3O4. The molecule has 7 heteroatoms. The molecule has 1 heterocycles. The molecule has 2 aromatic rings. The average molecular weight is 424 g/mol. The summed E-state index contributed by atoms with van der Waals surface area (Å²) in [6.07, 6.45) is 2.52. The lowest BCUT2D eigenvalue weighted by atomic mass is 9.95. The number of hydrogen-bond donors (Lipinski definition) is 2. The number of carbonyl (C=O) groups excluding carboxylic acids is 3. The Morgan fingerprint density at radius 3 is 2.48 bits per heavy atom. The Bertz CT molecular complexity index is 893. The van der Waals surface area contributed by atoms with Gasteiger partial charge in [0.1, 0.15) is 5.75 Å². The van der Waals surface area contributed by atoms with Crippen LogP contribution in [0, 0.1) is 5.92 Å². The van der Waals surface area contributed by atoms with Gasteiger partial charge in [-0.05, 0) is 37.0 Å². The van der Waals surface area contributed by atoms with Crippen LogP contribution in [-0.4, -0.2) is 49.4 Å². The van der Waals surface area contributed by atoms with Gasteiger partial charge in [-0.1, -0.05) is 36.4 Å². The molecule has 2 N–H and O–H groups in total. The van der Waals surface area contributed by atoms with Gasteiger partial charge in [0.25, 0.3) is 5.91 Å². The molecule has 0 unspecified atom stereocenters. The van der Waals surface area contributed by atoms with E-state index in [2.05, 4.69) is 10.6 Å². The van der Waals surface area contributed by atoms with E-state index in [1.54, 1.807) is 31.3 Å². The Balaban J connectivity index is 1.43. The Hall–Kier alpha value is -3.35. The Morgan fingerprint density at radius 2 is 1.77 bits per heavy atom. The van der Waals surface area contributed by atoms with Gasteiger partial charge in [0.2, 0.25) is 11.8 Å². The zero-order valence-corrected chi connectivity index (χ0v) is 17.8. The van der Waals surface area contributed by atoms with Crippen molar-refractivity contribution < 1.29 is 19.1 Å². The largest absolute Gasteiger partial charge is 0.484 e. The topological polar surface area (TPSA) is 87.7 Å². The number of anilines is 1. The normalized spacial score (nSPS) is 14.0. The van der Waals surface area contributed by atoms with Crippen molar-refractivity contribution in [3.05, 3.63) is 60.2 Å². The van der Waals surface area contributed by atoms with Gasteiger partial charge in [-0.15, -0.1) is 0 Å². The van der Waals surface area contributed by atoms with Crippen LogP contribution in [0.3, 0.4) is 0 Å². The highest BCUT2D eigenvalue weighted by molar-refractivity contribution is 5.93. The number of nitrogens with one attached hydrogen (secondary N) is 2. The predicted octanol–water partition coefficient (Wildman–Crippen LogP) is 2.62. The lowest BCUT2D eigenvalue weighted by Gasteiger charge is -2.31. The second kappa shape index (κ2) is 11.2. The van der Waals surface area contributed by atoms with Crippen molar-refractivity contribution in [1.29, 1.82) is 0 Å². The van der Waals surface area contributed by atoms with E-state index in [0.29, 0.717) is 43.8 Å². The molecule has 0 aromatic heterocycles. The van der Waals surface area contributed by atoms with Crippen molar-refractivity contribution in [2.45, 2.75) is 25.7 Å². The number of ether oxygens (including phenoxy) is 1. The van der Waals surface area contributed by atoms with Crippen molar-refractivity contribution in [2.24, 2.45) is 5.92 Å². The van der Waals surface area contributed by atoms with Crippen LogP contribution in [0.1, 0.15) is 24.8 Å². The minimum absolute atomic E-state index is 0.0557. The molecule has 1 saturated heterocycles. The molecule has 0 atom stereocenters. The Kier molecular flexibility index (Phi) is 8.04. The van der Waals surface area contributed by atoms with Gasteiger partial charge in [-0.25, -0.2) is 0 Å². The average Bonchev–Trinajstić information content (AvgIpc) is 2.82. The number of aryl methyl sites for hydroxylation is 1. The van der Waals surface area contributed by atoms with Crippen LogP contribution in [0.5, 0.6) is 5.75 Å². The number of amides is 3. The minimum atomic E-state index is -0.223. The van der Waals surface area contributed by atoms with Crippen molar-refractivity contribution in [3.63, 3.8) is 0 Å². The maximum absolute atomic E-state index is 12.7. The molecular weight excluding hydrogens is 394 g/mol. The first-order valence-electron chi connectivity index (χ1n) is 10.6. The van der Waals surface area contributed by atoms with Gasteiger partial charge >= 0.3 is 0 Å². The second-order valence-corrected chi connectivity index (χ2v) is 7.62. The number of carbonyl (C=O) groups is 3. The maximum atomic E-state index is 12.7. The zero-order valence-electron chi connectivity index (χ0n) is 17.8. The van der Waals surface area contributed by atoms with Gasteiger partial charge in [-0.3, -0.25) is 14.4 Å². The van der Waals surface area contributed by atoms with Crippen LogP contribution < -0.4 is 15.4 Å². The smallest absolute Gasteiger partial charge is 0.257 e. The summed E-state index contributed by atoms with van der Waals surface area (Å²) in [4.78, 5) is 38.3. The monoisotopic (exact) mass is 423 g/mol. The lowest BCUT2D eigenvalue weighted by Crippen LogP contribution is -2.41. The summed E-state index contributed by atoms with van der Waals surface area (Å²) in [5, 5.41) is 5.41. The molecule has 0 aliphatic carbocycles. The Labute approximate surface area is 182 Å². The molecule has 2 aromatic carbocycles. The number of likely N-dealkylation sites (tertiary alicyclic amines) is 1. The van der Waals surface area contributed by atoms with Gasteiger partial charge < -0.3 is 20.3 Å². The molecule has 1 fully saturated rings. The van der Waals surface area contributed by atoms with Crippen molar-refractivity contribution >= 4 is 23.4 Å². The highest BCUT2D eigenvalue weighted by atomic mass is 16.5. The Morgan fingerprint density at radius 1 is 1.03 bits per heavy atom. The predicted molar refractivity (Wildman–Crippen MR) is 119 cm³/mol. The molecule has 1 aliphatic rings. The SMILES string of the molecule is CNC(=O)COc1cccc(NC(=O)C2CCN(C(=O)CCc3ccccc3)CC2)c1. The lowest BCUT2D eigenvalue weighted by molar-refractivity contribution is -0.134. The van der Waals surface area contributed by atoms with E-state index in [9.17, 15) is 14.4 Å². The molecule has 31 heavy (non-hydrogen) atoms. The van der Waals surface area contributed by atoms with E-state index in [1.807, 2.05) is 35.2 Å². The third-order valence-electron chi connectivity index (χ3n) is 5.44. The minimum Gasteiger partial charge on any atom is -0.484 e. The van der Waals surface area contributed by atoms with Gasteiger partial charge in [-0.2, -0.15) is 0 Å². The van der Waals surface area contributed by atoms with Crippen molar-refractivity contribution in [3.8, 4) is 5.75 Å². The summed E-state index contributed by atoms with van der Waals surface area (Å²) in [6.45, 7) is 1.12. The maximum Gasteiger partial charge on any atom is 0.257 e. The highest BCUT2D eigenvalue weighted by Gasteiger charge is 2.27. The first kappa shape index (κ1) is 22.3. The molecule has 7 nitrogen and oxygen atoms in total. The number of nitrogens with zero attached hydrogens (tertiary/aromatic N) is 1. The molecule has 0 saturated carbocycles. The van der Waals surface area contributed by atoms with E-state index in [0.717, 1.165) is 12.0 Å². The summed E-state index contributed by atoms with van der Waals surface area (Å²) in [5.41, 5.74) is 1.78. The summed E-state index contributed by atoms with van der Waals surface area (Å²) < 4.78 is 5.41. The molecule has 3 amide bonds. The van der Waals surface area contributed by atoms with E-state index in [-0.39, 0.29) is 30.2 Å². The zero-order chi connectivity index (χ0) is 22.1. The van der Waals surface area contributed by atoms with Crippen LogP contribution in [0.25, 0.3) is 0 Å². The van der Waals surface area contributed by atoms with Crippen molar-refractivity contribution in [1.82, 2.24) is 10.2 Å². The molecule has 1 aliphatic heterocycles. The number of piperidine rings is 1. The van der Waals surface area contributed by atoms with Gasteiger partial charge in [0, 0.05) is 44.2 Å². The third kappa shape index (κ3) is 6.84. The molecule has 3 rings (SSSR count). The summed E-state index contributed by atoms with van der Waals surface area (Å²) in [5.74, 6) is 0.247. The quantitative estimate of drug-likeness (QED) is 0.683. The van der Waals surface area contributed by atoms with Crippen LogP contribution in [0.4, 0.5) is 5.69 Å². The second-order valence-electron chi connectivity index (χ2n) is 7.62. The van der Waals surface area contributed by atoms with E-state index >= 15 is 0 Å². The number of likely N-dealkylation sites (N-methyl/N-ethyl adjacent to an activating group) is 1. The summed E-state index contributed by atoms with van der Waals surface area (Å²) >= 11 is 0. The molecule has 0 bridgehead atoms. The van der Waals surface area contributed by atoms with Crippen LogP contribution in [-0.2, 0) is 20.8 Å². The third-order valence-corrected chi connectivity index (χ3v) is 5.44. The van der Waals surface area contributed by atoms with Gasteiger partial charge in [0.05, 0.1) is 0 Å². The van der Waals surface area contributed by atoms with Crippen LogP contribution in [0.2, 0.25) is 0 Å². The first-order valence-corrected chi connectivity index (χ1v) is 10.6. The summed E-state index contributed by atoms with van der Waals surface area (Å²) in [7, 11) is 1.55. The number of benzene rings is 2. The van der Waals surface area contributed by atoms with E-state index < -0.39 is 0 Å². The van der Waals surface area contributed by atoms with Gasteiger partial charge in [0.15, 0.2) is 6.61 Å². The fourth-order valence-electron chi connectivity index (χ4n) is 3.57. The van der Waals surface area contributed by atoms with Crippen molar-refractivity contribution in [2.75, 3.05) is 32.1 Å². The molecule has 164 valence electrons. The fourth-order valence-corrected chi connectivity index (χ4v) is 3.57. The van der Waals surface area contributed by atoms with Crippen LogP contribution >= 0.6 is 0 Å². The van der Waals surface area contributed by atoms with E-state index in [4.69, 9.17) is 4.74 Å². The fraction of sp³-hybridized carbons (Fsp3) is 0.375. The van der Waals surface area contributed by atoms with E-state index in [1.165, 1.54) is 0 Å². The molecule has 0 spiro atoms.